The number of nitriles is 1. The lowest BCUT2D eigenvalue weighted by Crippen LogP contribution is -2.56. The van der Waals surface area contributed by atoms with Gasteiger partial charge in [-0.1, -0.05) is 57.2 Å². The highest BCUT2D eigenvalue weighted by Crippen LogP contribution is 2.40. The normalized spacial score (nSPS) is 16.4. The standard InChI is InChI=1S/C48H59N11O9/c1-27-33(26-38(59(65)66)41(54-27)30-8-11-32(12-9-30)48(3,4)5)44(61)56-36(15-16-49)47(64)58(6)42-31-10-14-40(68-22-19-52)35(25-31)34-23-29(7-13-39(34)67-21-18-51)24-37(45(62)53-20-17-50)57-43(60)28(2)55-46(42)63/h7-14,23,25-26,28,36-37,42H,15-16,18-22,24,49,51-52H2,1-6H3,(H,53,62)(H,55,63)(H,56,61)(H,57,60)/t28-,36?,37-,42-/m0/s1. The second-order valence-corrected chi connectivity index (χ2v) is 17.3. The maximum atomic E-state index is 14.7. The van der Waals surface area contributed by atoms with Crippen LogP contribution in [-0.4, -0.2) is 109 Å². The summed E-state index contributed by atoms with van der Waals surface area (Å²) in [6.45, 7) is 9.18. The number of benzene rings is 3. The summed E-state index contributed by atoms with van der Waals surface area (Å²) in [6.07, 6.45) is -0.144. The molecule has 10 N–H and O–H groups in total. The molecule has 4 aromatic rings. The van der Waals surface area contributed by atoms with E-state index in [0.29, 0.717) is 33.8 Å². The van der Waals surface area contributed by atoms with E-state index >= 15 is 0 Å². The lowest BCUT2D eigenvalue weighted by Gasteiger charge is -2.32. The monoisotopic (exact) mass is 933 g/mol. The van der Waals surface area contributed by atoms with Gasteiger partial charge in [0.05, 0.1) is 22.2 Å². The summed E-state index contributed by atoms with van der Waals surface area (Å²) in [5, 5.41) is 32.1. The molecule has 3 aromatic carbocycles. The van der Waals surface area contributed by atoms with Crippen LogP contribution in [0, 0.1) is 28.4 Å². The molecule has 360 valence electrons. The van der Waals surface area contributed by atoms with E-state index in [-0.39, 0.29) is 80.2 Å². The number of hydrogen-bond donors (Lipinski definition) is 7. The number of ether oxygens (including phenoxy) is 2. The van der Waals surface area contributed by atoms with Crippen molar-refractivity contribution in [1.29, 1.82) is 5.26 Å². The summed E-state index contributed by atoms with van der Waals surface area (Å²) >= 11 is 0. The molecule has 20 heteroatoms. The third kappa shape index (κ3) is 12.3. The van der Waals surface area contributed by atoms with Crippen molar-refractivity contribution in [2.45, 2.75) is 77.0 Å². The van der Waals surface area contributed by atoms with Crippen LogP contribution < -0.4 is 47.9 Å². The Balaban J connectivity index is 1.59. The van der Waals surface area contributed by atoms with Crippen LogP contribution in [0.5, 0.6) is 11.5 Å². The van der Waals surface area contributed by atoms with Gasteiger partial charge < -0.3 is 52.8 Å². The molecule has 1 aliphatic heterocycles. The Bertz CT molecular complexity index is 2570. The van der Waals surface area contributed by atoms with Gasteiger partial charge >= 0.3 is 0 Å². The largest absolute Gasteiger partial charge is 0.492 e. The van der Waals surface area contributed by atoms with Crippen molar-refractivity contribution in [2.75, 3.05) is 46.4 Å². The van der Waals surface area contributed by atoms with Crippen molar-refractivity contribution in [1.82, 2.24) is 31.2 Å². The van der Waals surface area contributed by atoms with Crippen LogP contribution in [0.2, 0.25) is 0 Å². The molecule has 1 unspecified atom stereocenters. The van der Waals surface area contributed by atoms with Gasteiger partial charge in [-0.15, -0.1) is 0 Å². The third-order valence-corrected chi connectivity index (χ3v) is 11.3. The summed E-state index contributed by atoms with van der Waals surface area (Å²) in [6, 6.07) is 14.8. The highest BCUT2D eigenvalue weighted by molar-refractivity contribution is 6.01. The molecule has 0 fully saturated rings. The maximum Gasteiger partial charge on any atom is 0.296 e. The van der Waals surface area contributed by atoms with Crippen molar-refractivity contribution in [3.63, 3.8) is 0 Å². The van der Waals surface area contributed by atoms with E-state index in [4.69, 9.17) is 31.9 Å². The summed E-state index contributed by atoms with van der Waals surface area (Å²) in [7, 11) is 1.35. The number of nitro groups is 1. The summed E-state index contributed by atoms with van der Waals surface area (Å²) in [4.78, 5) is 87.9. The number of carbonyl (C=O) groups is 5. The third-order valence-electron chi connectivity index (χ3n) is 11.3. The highest BCUT2D eigenvalue weighted by Gasteiger charge is 2.37. The summed E-state index contributed by atoms with van der Waals surface area (Å²) < 4.78 is 12.1. The number of carbonyl (C=O) groups excluding carboxylic acids is 5. The molecule has 0 saturated carbocycles. The fourth-order valence-electron chi connectivity index (χ4n) is 7.67. The average Bonchev–Trinajstić information content (AvgIpc) is 3.30. The number of pyridine rings is 1. The second kappa shape index (κ2) is 22.8. The molecule has 20 nitrogen and oxygen atoms in total. The molecule has 5 rings (SSSR count). The molecule has 0 saturated heterocycles. The first-order chi connectivity index (χ1) is 32.3. The van der Waals surface area contributed by atoms with Crippen molar-refractivity contribution in [3.05, 3.63) is 105 Å². The van der Waals surface area contributed by atoms with E-state index in [1.807, 2.05) is 39.0 Å². The Labute approximate surface area is 394 Å². The van der Waals surface area contributed by atoms with Crippen LogP contribution in [0.25, 0.3) is 22.4 Å². The van der Waals surface area contributed by atoms with Crippen LogP contribution in [0.1, 0.15) is 72.9 Å². The Morgan fingerprint density at radius 3 is 2.16 bits per heavy atom. The smallest absolute Gasteiger partial charge is 0.296 e. The lowest BCUT2D eigenvalue weighted by atomic mass is 9.86. The molecule has 1 aromatic heterocycles. The second-order valence-electron chi connectivity index (χ2n) is 17.3. The molecule has 2 heterocycles. The molecule has 68 heavy (non-hydrogen) atoms. The van der Waals surface area contributed by atoms with Crippen LogP contribution in [0.15, 0.2) is 66.7 Å². The quantitative estimate of drug-likeness (QED) is 0.0483. The number of nitrogens with zero attached hydrogens (tertiary/aromatic N) is 4. The van der Waals surface area contributed by atoms with Crippen LogP contribution in [0.4, 0.5) is 5.69 Å². The number of aromatic nitrogens is 1. The minimum Gasteiger partial charge on any atom is -0.492 e. The molecular formula is C48H59N11O9. The number of fused-ring (bicyclic) bond motifs is 5. The van der Waals surface area contributed by atoms with Gasteiger partial charge in [0.15, 0.2) is 0 Å². The first-order valence-corrected chi connectivity index (χ1v) is 22.1. The van der Waals surface area contributed by atoms with E-state index in [1.165, 1.54) is 20.9 Å². The number of nitrogens with two attached hydrogens (primary N) is 3. The number of amides is 5. The summed E-state index contributed by atoms with van der Waals surface area (Å²) in [5.74, 6) is -3.14. The Morgan fingerprint density at radius 2 is 1.57 bits per heavy atom. The molecule has 0 radical (unpaired) electrons. The van der Waals surface area contributed by atoms with E-state index in [0.717, 1.165) is 16.5 Å². The highest BCUT2D eigenvalue weighted by atomic mass is 16.6. The van der Waals surface area contributed by atoms with Gasteiger partial charge in [-0.25, -0.2) is 4.98 Å². The average molecular weight is 934 g/mol. The first-order valence-electron chi connectivity index (χ1n) is 22.1. The number of likely N-dealkylation sites (N-methyl/N-ethyl adjacent to an activating group) is 1. The Morgan fingerprint density at radius 1 is 0.941 bits per heavy atom. The fraction of sp³-hybridized carbons (Fsp3) is 0.396. The summed E-state index contributed by atoms with van der Waals surface area (Å²) in [5.41, 5.74) is 20.3. The predicted molar refractivity (Wildman–Crippen MR) is 253 cm³/mol. The number of aryl methyl sites for hydroxylation is 1. The zero-order valence-electron chi connectivity index (χ0n) is 39.0. The van der Waals surface area contributed by atoms with Gasteiger partial charge in [-0.2, -0.15) is 5.26 Å². The van der Waals surface area contributed by atoms with Gasteiger partial charge in [0, 0.05) is 49.3 Å². The van der Waals surface area contributed by atoms with Gasteiger partial charge in [-0.3, -0.25) is 34.1 Å². The van der Waals surface area contributed by atoms with Crippen molar-refractivity contribution >= 4 is 35.2 Å². The molecule has 4 atom stereocenters. The van der Waals surface area contributed by atoms with Crippen LogP contribution in [-0.2, 0) is 31.0 Å². The van der Waals surface area contributed by atoms with Crippen LogP contribution in [0.3, 0.4) is 0 Å². The molecule has 5 amide bonds. The van der Waals surface area contributed by atoms with Gasteiger partial charge in [0.2, 0.25) is 23.6 Å². The van der Waals surface area contributed by atoms with Gasteiger partial charge in [-0.05, 0) is 73.2 Å². The van der Waals surface area contributed by atoms with Crippen LogP contribution >= 0.6 is 0 Å². The Hall–Kier alpha value is -7.47. The van der Waals surface area contributed by atoms with E-state index in [2.05, 4.69) is 26.3 Å². The molecule has 0 spiro atoms. The van der Waals surface area contributed by atoms with Crippen molar-refractivity contribution in [2.24, 2.45) is 17.2 Å². The zero-order chi connectivity index (χ0) is 49.9. The maximum absolute atomic E-state index is 14.7. The number of rotatable bonds is 16. The van der Waals surface area contributed by atoms with E-state index < -0.39 is 64.3 Å². The molecule has 1 aliphatic rings. The lowest BCUT2D eigenvalue weighted by molar-refractivity contribution is -0.384. The molecule has 4 bridgehead atoms. The zero-order valence-corrected chi connectivity index (χ0v) is 39.0. The minimum atomic E-state index is -1.49. The molecule has 0 aliphatic carbocycles. The molecular weight excluding hydrogens is 875 g/mol. The Kier molecular flexibility index (Phi) is 17.3. The van der Waals surface area contributed by atoms with Crippen molar-refractivity contribution in [3.8, 4) is 40.0 Å². The number of nitrogens with one attached hydrogen (secondary N) is 4. The van der Waals surface area contributed by atoms with Gasteiger partial charge in [0.25, 0.3) is 11.6 Å². The predicted octanol–water partition coefficient (Wildman–Crippen LogP) is 2.44. The van der Waals surface area contributed by atoms with Gasteiger partial charge in [0.1, 0.15) is 61.1 Å². The van der Waals surface area contributed by atoms with Crippen molar-refractivity contribution < 1.29 is 38.4 Å². The minimum absolute atomic E-state index is 0.0286. The van der Waals surface area contributed by atoms with E-state index in [1.54, 1.807) is 48.5 Å². The number of hydrogen-bond acceptors (Lipinski definition) is 14. The first kappa shape index (κ1) is 51.5. The van der Waals surface area contributed by atoms with E-state index in [9.17, 15) is 34.1 Å². The fourth-order valence-corrected chi connectivity index (χ4v) is 7.67. The SMILES string of the molecule is Cc1nc(-c2ccc(C(C)(C)C)cc2)c([N+](=O)[O-])cc1C(=O)NC(CCN)C(=O)N(C)[C@@H]1C(=O)N[C@@H](C)C(=O)N[C@H](C(=O)NCC#N)Cc2ccc(OCCN)c(c2)-c2cc1ccc2OCCN. The topological polar surface area (TPSA) is 313 Å².